The summed E-state index contributed by atoms with van der Waals surface area (Å²) in [5.74, 6) is 4.21. The van der Waals surface area contributed by atoms with Crippen molar-refractivity contribution in [3.05, 3.63) is 127 Å². The number of hydrogen-bond donors (Lipinski definition) is 0. The Morgan fingerprint density at radius 3 is 0.625 bits per heavy atom. The predicted octanol–water partition coefficient (Wildman–Crippen LogP) is 10.4. The van der Waals surface area contributed by atoms with E-state index in [4.69, 9.17) is 28.4 Å². The van der Waals surface area contributed by atoms with Crippen LogP contribution >= 0.6 is 14.3 Å². The third-order valence-corrected chi connectivity index (χ3v) is 18.8. The fourth-order valence-electron chi connectivity index (χ4n) is 10.2. The largest absolute Gasteiger partial charge is 0.496 e. The van der Waals surface area contributed by atoms with Crippen molar-refractivity contribution in [1.29, 1.82) is 0 Å². The molecule has 338 valence electrons. The molecule has 0 atom stereocenters. The molecule has 0 amide bonds. The monoisotopic (exact) mass is 902 g/mol. The van der Waals surface area contributed by atoms with Crippen LogP contribution in [-0.4, -0.2) is 42.7 Å². The highest BCUT2D eigenvalue weighted by Crippen LogP contribution is 2.54. The van der Waals surface area contributed by atoms with Crippen molar-refractivity contribution in [2.45, 2.75) is 83.1 Å². The summed E-state index contributed by atoms with van der Waals surface area (Å²) in [6.45, 7) is 23.8. The molecular weight excluding hydrogens is 839 g/mol. The van der Waals surface area contributed by atoms with E-state index in [1.165, 1.54) is 0 Å². The minimum Gasteiger partial charge on any atom is -0.496 e. The number of ether oxygens (including phenoxy) is 6. The van der Waals surface area contributed by atoms with Gasteiger partial charge in [0, 0.05) is 43.0 Å². The van der Waals surface area contributed by atoms with E-state index in [-0.39, 0.29) is 0 Å². The normalized spacial score (nSPS) is 11.7. The molecule has 0 fully saturated rings. The van der Waals surface area contributed by atoms with E-state index in [9.17, 15) is 0 Å². The predicted molar refractivity (Wildman–Crippen MR) is 267 cm³/mol. The van der Waals surface area contributed by atoms with Crippen molar-refractivity contribution in [1.82, 2.24) is 0 Å². The van der Waals surface area contributed by atoms with Gasteiger partial charge in [0.25, 0.3) is 0 Å². The van der Waals surface area contributed by atoms with Gasteiger partial charge >= 0.3 is 0 Å². The summed E-state index contributed by atoms with van der Waals surface area (Å²) >= 11 is 0. The molecule has 0 unspecified atom stereocenters. The smallest absolute Gasteiger partial charge is 0.171 e. The molecular formula is C54H64O8P2. The fourth-order valence-corrected chi connectivity index (χ4v) is 16.9. The lowest BCUT2D eigenvalue weighted by Crippen LogP contribution is -2.32. The number of methoxy groups -OCH3 is 6. The summed E-state index contributed by atoms with van der Waals surface area (Å²) in [6.07, 6.45) is 0. The van der Waals surface area contributed by atoms with Crippen LogP contribution in [-0.2, 0) is 9.13 Å². The maximum Gasteiger partial charge on any atom is 0.171 e. The fraction of sp³-hybridized carbons (Fsp3) is 0.333. The number of hydrogen-bond acceptors (Lipinski definition) is 8. The Morgan fingerprint density at radius 2 is 0.453 bits per heavy atom. The van der Waals surface area contributed by atoms with Crippen LogP contribution < -0.4 is 60.2 Å². The average Bonchev–Trinajstić information content (AvgIpc) is 3.23. The third-order valence-electron chi connectivity index (χ3n) is 12.8. The Labute approximate surface area is 381 Å². The van der Waals surface area contributed by atoms with Gasteiger partial charge in [-0.1, -0.05) is 0 Å². The first kappa shape index (κ1) is 48.0. The van der Waals surface area contributed by atoms with Gasteiger partial charge < -0.3 is 37.6 Å². The third kappa shape index (κ3) is 7.71. The van der Waals surface area contributed by atoms with Gasteiger partial charge in [0.15, 0.2) is 14.3 Å². The summed E-state index contributed by atoms with van der Waals surface area (Å²) in [6, 6.07) is 19.9. The van der Waals surface area contributed by atoms with Crippen LogP contribution in [0.3, 0.4) is 0 Å². The van der Waals surface area contributed by atoms with E-state index in [2.05, 4.69) is 0 Å². The second-order valence-corrected chi connectivity index (χ2v) is 22.6. The zero-order valence-electron chi connectivity index (χ0n) is 40.9. The number of aryl methyl sites for hydroxylation is 10. The lowest BCUT2D eigenvalue weighted by atomic mass is 9.92. The van der Waals surface area contributed by atoms with Gasteiger partial charge in [-0.15, -0.1) is 0 Å². The van der Waals surface area contributed by atoms with Crippen molar-refractivity contribution < 1.29 is 37.6 Å². The van der Waals surface area contributed by atoms with Gasteiger partial charge in [-0.3, -0.25) is 0 Å². The van der Waals surface area contributed by atoms with Crippen LogP contribution in [0.4, 0.5) is 0 Å². The van der Waals surface area contributed by atoms with E-state index >= 15 is 9.13 Å². The highest BCUT2D eigenvalue weighted by Gasteiger charge is 2.41. The first-order valence-corrected chi connectivity index (χ1v) is 24.8. The molecule has 0 aliphatic heterocycles. The first-order valence-electron chi connectivity index (χ1n) is 21.4. The van der Waals surface area contributed by atoms with Gasteiger partial charge in [-0.05, 0) is 211 Å². The lowest BCUT2D eigenvalue weighted by Gasteiger charge is -2.32. The summed E-state index contributed by atoms with van der Waals surface area (Å²) in [4.78, 5) is 0. The summed E-state index contributed by atoms with van der Waals surface area (Å²) in [7, 11) is 2.17. The Balaban J connectivity index is 1.94. The van der Waals surface area contributed by atoms with Crippen LogP contribution in [0.15, 0.2) is 60.7 Å². The Kier molecular flexibility index (Phi) is 13.7. The zero-order valence-corrected chi connectivity index (χ0v) is 42.7. The molecule has 0 saturated carbocycles. The van der Waals surface area contributed by atoms with E-state index in [1.54, 1.807) is 42.7 Å². The molecule has 6 aromatic carbocycles. The first-order chi connectivity index (χ1) is 30.2. The van der Waals surface area contributed by atoms with Crippen LogP contribution in [0.1, 0.15) is 66.8 Å². The Bertz CT molecular complexity index is 2530. The SMILES string of the molecule is COc1c(C)cc(P(=O)(c2cc(C)c(OC)c(C)c2)c2cc(C)c(OC)c(C)c2-c2c(P(=O)(c3cc(C)c(OC)c(C)c3)c3cc(C)c(OC)c(C)c3)cc(C)c(OC)c2C)cc1C. The molecule has 6 aromatic rings. The van der Waals surface area contributed by atoms with Gasteiger partial charge in [0.1, 0.15) is 34.5 Å². The lowest BCUT2D eigenvalue weighted by molar-refractivity contribution is 0.408. The maximum absolute atomic E-state index is 17.4. The summed E-state index contributed by atoms with van der Waals surface area (Å²) in [5, 5.41) is 3.73. The molecule has 8 nitrogen and oxygen atoms in total. The number of rotatable bonds is 13. The molecule has 0 heterocycles. The molecule has 0 aliphatic rings. The van der Waals surface area contributed by atoms with Gasteiger partial charge in [0.05, 0.1) is 42.7 Å². The molecule has 0 bridgehead atoms. The summed E-state index contributed by atoms with van der Waals surface area (Å²) < 4.78 is 70.7. The molecule has 0 aromatic heterocycles. The minimum atomic E-state index is -3.89. The quantitative estimate of drug-likeness (QED) is 0.106. The molecule has 64 heavy (non-hydrogen) atoms. The van der Waals surface area contributed by atoms with Crippen LogP contribution in [0.5, 0.6) is 34.5 Å². The Hall–Kier alpha value is -5.42. The average molecular weight is 903 g/mol. The Morgan fingerprint density at radius 1 is 0.281 bits per heavy atom. The van der Waals surface area contributed by atoms with Crippen molar-refractivity contribution in [3.63, 3.8) is 0 Å². The van der Waals surface area contributed by atoms with Crippen LogP contribution in [0, 0.1) is 83.1 Å². The standard InChI is InChI=1S/C54H64O8P2/c1-29-19-41(20-30(2)49(29)57-13)63(55,42-21-31(3)50(58-14)32(4)22-42)45-27-37(9)53(61-17)39(11)47(45)48-40(12)54(62-18)38(10)28-46(48)64(56,43-23-33(5)51(59-15)34(6)24-43)44-25-35(7)52(60-16)36(8)26-44/h19-28H,1-18H3. The van der Waals surface area contributed by atoms with E-state index in [0.29, 0.717) is 54.5 Å². The van der Waals surface area contributed by atoms with Crippen molar-refractivity contribution >= 4 is 46.1 Å². The molecule has 0 radical (unpaired) electrons. The second kappa shape index (κ2) is 18.2. The highest BCUT2D eigenvalue weighted by molar-refractivity contribution is 7.86. The van der Waals surface area contributed by atoms with E-state index in [1.807, 2.05) is 144 Å². The number of benzene rings is 6. The van der Waals surface area contributed by atoms with Gasteiger partial charge in [0.2, 0.25) is 0 Å². The molecule has 0 saturated heterocycles. The van der Waals surface area contributed by atoms with Crippen LogP contribution in [0.2, 0.25) is 0 Å². The van der Waals surface area contributed by atoms with Crippen LogP contribution in [0.25, 0.3) is 11.1 Å². The second-order valence-electron chi connectivity index (χ2n) is 17.2. The van der Waals surface area contributed by atoms with E-state index < -0.39 is 14.3 Å². The molecule has 10 heteroatoms. The van der Waals surface area contributed by atoms with Crippen molar-refractivity contribution in [3.8, 4) is 45.6 Å². The molecule has 0 spiro atoms. The van der Waals surface area contributed by atoms with E-state index in [0.717, 1.165) is 89.8 Å². The molecule has 0 aliphatic carbocycles. The minimum absolute atomic E-state index is 0.585. The molecule has 0 N–H and O–H groups in total. The highest BCUT2D eigenvalue weighted by atomic mass is 31.2. The zero-order chi connectivity index (χ0) is 47.3. The topological polar surface area (TPSA) is 89.5 Å². The molecule has 6 rings (SSSR count). The van der Waals surface area contributed by atoms with Crippen molar-refractivity contribution in [2.75, 3.05) is 42.7 Å². The van der Waals surface area contributed by atoms with Crippen molar-refractivity contribution in [2.24, 2.45) is 0 Å². The van der Waals surface area contributed by atoms with Gasteiger partial charge in [-0.25, -0.2) is 0 Å². The van der Waals surface area contributed by atoms with Gasteiger partial charge in [-0.2, -0.15) is 0 Å². The maximum atomic E-state index is 17.4. The summed E-state index contributed by atoms with van der Waals surface area (Å²) in [5.41, 5.74) is 11.3.